The summed E-state index contributed by atoms with van der Waals surface area (Å²) in [5, 5.41) is 11.7. The number of carboxylic acid groups (broad SMARTS) is 1. The molecule has 1 amide bonds. The van der Waals surface area contributed by atoms with Crippen LogP contribution in [0.3, 0.4) is 0 Å². The van der Waals surface area contributed by atoms with Crippen molar-refractivity contribution < 1.29 is 14.7 Å². The molecule has 116 valence electrons. The molecule has 21 heavy (non-hydrogen) atoms. The summed E-state index contributed by atoms with van der Waals surface area (Å²) in [6.07, 6.45) is -0.0441. The van der Waals surface area contributed by atoms with Gasteiger partial charge >= 0.3 is 5.97 Å². The highest BCUT2D eigenvalue weighted by atomic mass is 32.2. The average molecular weight is 309 g/mol. The van der Waals surface area contributed by atoms with E-state index in [-0.39, 0.29) is 24.3 Å². The van der Waals surface area contributed by atoms with Gasteiger partial charge in [-0.3, -0.25) is 9.59 Å². The predicted molar refractivity (Wildman–Crippen MR) is 85.7 cm³/mol. The number of aliphatic carboxylic acids is 1. The van der Waals surface area contributed by atoms with Gasteiger partial charge in [0.25, 0.3) is 0 Å². The number of carboxylic acids is 1. The minimum atomic E-state index is -0.892. The fraction of sp³-hybridized carbons (Fsp3) is 0.500. The van der Waals surface area contributed by atoms with Crippen LogP contribution in [0.4, 0.5) is 0 Å². The topological polar surface area (TPSA) is 66.4 Å². The Morgan fingerprint density at radius 3 is 2.52 bits per heavy atom. The molecule has 1 aromatic rings. The van der Waals surface area contributed by atoms with Crippen molar-refractivity contribution in [2.24, 2.45) is 5.92 Å². The Balaban J connectivity index is 2.56. The van der Waals surface area contributed by atoms with Crippen LogP contribution >= 0.6 is 11.8 Å². The van der Waals surface area contributed by atoms with Crippen LogP contribution in [0.1, 0.15) is 31.4 Å². The van der Waals surface area contributed by atoms with Gasteiger partial charge in [-0.05, 0) is 31.4 Å². The lowest BCUT2D eigenvalue weighted by molar-refractivity contribution is -0.138. The smallest absolute Gasteiger partial charge is 0.305 e. The Labute approximate surface area is 130 Å². The number of carbonyl (C=O) groups is 2. The van der Waals surface area contributed by atoms with Crippen molar-refractivity contribution in [3.63, 3.8) is 0 Å². The van der Waals surface area contributed by atoms with E-state index in [1.807, 2.05) is 39.8 Å². The molecule has 0 aliphatic carbocycles. The normalized spacial score (nSPS) is 12.2. The van der Waals surface area contributed by atoms with E-state index in [1.165, 1.54) is 11.8 Å². The maximum Gasteiger partial charge on any atom is 0.305 e. The predicted octanol–water partition coefficient (Wildman–Crippen LogP) is 3.01. The van der Waals surface area contributed by atoms with E-state index in [0.717, 1.165) is 16.0 Å². The first kappa shape index (κ1) is 17.6. The van der Waals surface area contributed by atoms with E-state index in [0.29, 0.717) is 5.75 Å². The summed E-state index contributed by atoms with van der Waals surface area (Å²) in [4.78, 5) is 23.9. The van der Waals surface area contributed by atoms with Crippen LogP contribution in [0.25, 0.3) is 0 Å². The Hall–Kier alpha value is -1.49. The van der Waals surface area contributed by atoms with E-state index in [4.69, 9.17) is 5.11 Å². The number of thioether (sulfide) groups is 1. The highest BCUT2D eigenvalue weighted by Gasteiger charge is 2.19. The van der Waals surface area contributed by atoms with Crippen molar-refractivity contribution in [1.29, 1.82) is 0 Å². The zero-order valence-corrected chi connectivity index (χ0v) is 13.8. The van der Waals surface area contributed by atoms with Gasteiger partial charge in [-0.2, -0.15) is 0 Å². The minimum absolute atomic E-state index is 0.0441. The van der Waals surface area contributed by atoms with Gasteiger partial charge in [0, 0.05) is 10.9 Å². The van der Waals surface area contributed by atoms with Crippen LogP contribution in [0, 0.1) is 19.8 Å². The summed E-state index contributed by atoms with van der Waals surface area (Å²) in [5.74, 6) is -0.625. The molecule has 1 unspecified atom stereocenters. The SMILES string of the molecule is Cc1ccc(C)c(SCC(=O)NC(CC(=O)O)C(C)C)c1. The molecule has 0 spiro atoms. The maximum atomic E-state index is 12.0. The van der Waals surface area contributed by atoms with Crippen LogP contribution in [-0.4, -0.2) is 28.8 Å². The lowest BCUT2D eigenvalue weighted by Gasteiger charge is -2.20. The number of hydrogen-bond acceptors (Lipinski definition) is 3. The largest absolute Gasteiger partial charge is 0.481 e. The molecule has 0 aliphatic rings. The van der Waals surface area contributed by atoms with Crippen molar-refractivity contribution in [2.45, 2.75) is 45.1 Å². The average Bonchev–Trinajstić information content (AvgIpc) is 2.38. The Morgan fingerprint density at radius 2 is 1.95 bits per heavy atom. The second kappa shape index (κ2) is 8.08. The zero-order chi connectivity index (χ0) is 16.0. The molecule has 0 fully saturated rings. The molecule has 0 bridgehead atoms. The summed E-state index contributed by atoms with van der Waals surface area (Å²) in [6, 6.07) is 5.82. The number of aryl methyl sites for hydroxylation is 2. The van der Waals surface area contributed by atoms with Gasteiger partial charge in [-0.1, -0.05) is 31.5 Å². The number of rotatable bonds is 7. The number of benzene rings is 1. The Morgan fingerprint density at radius 1 is 1.29 bits per heavy atom. The number of hydrogen-bond donors (Lipinski definition) is 2. The van der Waals surface area contributed by atoms with Crippen LogP contribution in [-0.2, 0) is 9.59 Å². The fourth-order valence-electron chi connectivity index (χ4n) is 1.90. The molecule has 0 saturated carbocycles. The van der Waals surface area contributed by atoms with Crippen LogP contribution in [0.2, 0.25) is 0 Å². The summed E-state index contributed by atoms with van der Waals surface area (Å²) in [6.45, 7) is 7.85. The van der Waals surface area contributed by atoms with Crippen LogP contribution < -0.4 is 5.32 Å². The Bertz CT molecular complexity index is 514. The number of carbonyl (C=O) groups excluding carboxylic acids is 1. The van der Waals surface area contributed by atoms with E-state index < -0.39 is 5.97 Å². The van der Waals surface area contributed by atoms with Gasteiger partial charge in [0.05, 0.1) is 12.2 Å². The summed E-state index contributed by atoms with van der Waals surface area (Å²) in [5.41, 5.74) is 2.30. The minimum Gasteiger partial charge on any atom is -0.481 e. The molecular formula is C16H23NO3S. The third kappa shape index (κ3) is 6.21. The highest BCUT2D eigenvalue weighted by molar-refractivity contribution is 8.00. The van der Waals surface area contributed by atoms with Crippen molar-refractivity contribution in [1.82, 2.24) is 5.32 Å². The van der Waals surface area contributed by atoms with E-state index in [2.05, 4.69) is 11.4 Å². The molecule has 1 atom stereocenters. The van der Waals surface area contributed by atoms with Crippen molar-refractivity contribution >= 4 is 23.6 Å². The van der Waals surface area contributed by atoms with Gasteiger partial charge < -0.3 is 10.4 Å². The molecule has 1 aromatic carbocycles. The molecule has 1 rings (SSSR count). The fourth-order valence-corrected chi connectivity index (χ4v) is 2.83. The van der Waals surface area contributed by atoms with Gasteiger partial charge in [0.2, 0.25) is 5.91 Å². The van der Waals surface area contributed by atoms with Gasteiger partial charge in [0.15, 0.2) is 0 Å². The van der Waals surface area contributed by atoms with Crippen molar-refractivity contribution in [2.75, 3.05) is 5.75 Å². The van der Waals surface area contributed by atoms with E-state index in [1.54, 1.807) is 0 Å². The second-order valence-corrected chi connectivity index (χ2v) is 6.59. The van der Waals surface area contributed by atoms with Gasteiger partial charge in [0.1, 0.15) is 0 Å². The van der Waals surface area contributed by atoms with Crippen molar-refractivity contribution in [3.05, 3.63) is 29.3 Å². The van der Waals surface area contributed by atoms with Crippen molar-refractivity contribution in [3.8, 4) is 0 Å². The lowest BCUT2D eigenvalue weighted by Crippen LogP contribution is -2.40. The molecule has 0 aliphatic heterocycles. The first-order chi connectivity index (χ1) is 9.79. The molecule has 2 N–H and O–H groups in total. The molecule has 0 saturated heterocycles. The maximum absolute atomic E-state index is 12.0. The third-order valence-corrected chi connectivity index (χ3v) is 4.41. The summed E-state index contributed by atoms with van der Waals surface area (Å²) < 4.78 is 0. The molecule has 4 nitrogen and oxygen atoms in total. The van der Waals surface area contributed by atoms with Gasteiger partial charge in [-0.25, -0.2) is 0 Å². The standard InChI is InChI=1S/C16H23NO3S/c1-10(2)13(8-16(19)20)17-15(18)9-21-14-7-11(3)5-6-12(14)4/h5-7,10,13H,8-9H2,1-4H3,(H,17,18)(H,19,20). The summed E-state index contributed by atoms with van der Waals surface area (Å²) >= 11 is 1.48. The van der Waals surface area contributed by atoms with E-state index >= 15 is 0 Å². The summed E-state index contributed by atoms with van der Waals surface area (Å²) in [7, 11) is 0. The molecule has 0 heterocycles. The number of amides is 1. The quantitative estimate of drug-likeness (QED) is 0.760. The number of nitrogens with one attached hydrogen (secondary N) is 1. The second-order valence-electron chi connectivity index (χ2n) is 5.57. The van der Waals surface area contributed by atoms with Crippen LogP contribution in [0.15, 0.2) is 23.1 Å². The molecule has 0 aromatic heterocycles. The zero-order valence-electron chi connectivity index (χ0n) is 13.0. The van der Waals surface area contributed by atoms with Crippen LogP contribution in [0.5, 0.6) is 0 Å². The lowest BCUT2D eigenvalue weighted by atomic mass is 10.0. The first-order valence-corrected chi connectivity index (χ1v) is 7.99. The van der Waals surface area contributed by atoms with Gasteiger partial charge in [-0.15, -0.1) is 11.8 Å². The monoisotopic (exact) mass is 309 g/mol. The molecule has 5 heteroatoms. The molecule has 0 radical (unpaired) electrons. The highest BCUT2D eigenvalue weighted by Crippen LogP contribution is 2.23. The first-order valence-electron chi connectivity index (χ1n) is 7.00. The Kier molecular flexibility index (Phi) is 6.75. The van der Waals surface area contributed by atoms with E-state index in [9.17, 15) is 9.59 Å². The molecular weight excluding hydrogens is 286 g/mol. The third-order valence-electron chi connectivity index (χ3n) is 3.25.